The summed E-state index contributed by atoms with van der Waals surface area (Å²) in [4.78, 5) is 23.7. The standard InChI is InChI=1S/C15H17BrClNO3/c16-10-4-5-11(12(17)8-10)13(19)18-9-15(14(20)21)6-2-1-3-7-15/h4-5,8H,1-3,6-7,9H2,(H,18,19)(H,20,21). The molecule has 0 heterocycles. The van der Waals surface area contributed by atoms with Gasteiger partial charge >= 0.3 is 5.97 Å². The molecule has 0 atom stereocenters. The maximum Gasteiger partial charge on any atom is 0.311 e. The van der Waals surface area contributed by atoms with E-state index in [4.69, 9.17) is 11.6 Å². The molecule has 0 radical (unpaired) electrons. The van der Waals surface area contributed by atoms with Crippen LogP contribution in [0.1, 0.15) is 42.5 Å². The average Bonchev–Trinajstić information content (AvgIpc) is 2.45. The molecule has 1 saturated carbocycles. The molecular weight excluding hydrogens is 358 g/mol. The Morgan fingerprint density at radius 1 is 1.29 bits per heavy atom. The van der Waals surface area contributed by atoms with Crippen LogP contribution in [0.2, 0.25) is 5.02 Å². The van der Waals surface area contributed by atoms with Crippen LogP contribution in [0.5, 0.6) is 0 Å². The Balaban J connectivity index is 2.07. The highest BCUT2D eigenvalue weighted by atomic mass is 79.9. The molecule has 0 spiro atoms. The molecule has 0 aromatic heterocycles. The maximum absolute atomic E-state index is 12.2. The van der Waals surface area contributed by atoms with E-state index in [0.29, 0.717) is 23.4 Å². The van der Waals surface area contributed by atoms with E-state index in [1.165, 1.54) is 0 Å². The summed E-state index contributed by atoms with van der Waals surface area (Å²) in [6.07, 6.45) is 4.05. The Morgan fingerprint density at radius 3 is 2.52 bits per heavy atom. The predicted molar refractivity (Wildman–Crippen MR) is 84.6 cm³/mol. The average molecular weight is 375 g/mol. The van der Waals surface area contributed by atoms with Crippen LogP contribution in [-0.2, 0) is 4.79 Å². The van der Waals surface area contributed by atoms with Crippen LogP contribution in [0.4, 0.5) is 0 Å². The van der Waals surface area contributed by atoms with Crippen LogP contribution in [0.25, 0.3) is 0 Å². The number of carboxylic acids is 1. The van der Waals surface area contributed by atoms with Gasteiger partial charge in [0.1, 0.15) is 0 Å². The van der Waals surface area contributed by atoms with Crippen LogP contribution in [-0.4, -0.2) is 23.5 Å². The van der Waals surface area contributed by atoms with Gasteiger partial charge in [-0.1, -0.05) is 46.8 Å². The minimum atomic E-state index is -0.838. The number of hydrogen-bond donors (Lipinski definition) is 2. The van der Waals surface area contributed by atoms with Crippen molar-refractivity contribution in [3.63, 3.8) is 0 Å². The number of carbonyl (C=O) groups excluding carboxylic acids is 1. The second-order valence-corrected chi connectivity index (χ2v) is 6.78. The molecule has 1 aromatic rings. The molecule has 0 saturated heterocycles. The van der Waals surface area contributed by atoms with Gasteiger partial charge in [-0.05, 0) is 31.0 Å². The zero-order valence-electron chi connectivity index (χ0n) is 11.5. The summed E-state index contributed by atoms with van der Waals surface area (Å²) in [6.45, 7) is 0.146. The Hall–Kier alpha value is -1.07. The van der Waals surface area contributed by atoms with E-state index in [0.717, 1.165) is 23.7 Å². The number of carboxylic acid groups (broad SMARTS) is 1. The van der Waals surface area contributed by atoms with Crippen molar-refractivity contribution in [1.82, 2.24) is 5.32 Å². The molecule has 114 valence electrons. The lowest BCUT2D eigenvalue weighted by atomic mass is 9.74. The van der Waals surface area contributed by atoms with Gasteiger partial charge < -0.3 is 10.4 Å². The van der Waals surface area contributed by atoms with E-state index >= 15 is 0 Å². The number of hydrogen-bond acceptors (Lipinski definition) is 2. The highest BCUT2D eigenvalue weighted by Gasteiger charge is 2.39. The van der Waals surface area contributed by atoms with Crippen molar-refractivity contribution >= 4 is 39.4 Å². The number of halogens is 2. The Labute approximate surface area is 137 Å². The number of rotatable bonds is 4. The predicted octanol–water partition coefficient (Wildman–Crippen LogP) is 3.87. The summed E-state index contributed by atoms with van der Waals surface area (Å²) in [5.74, 6) is -1.16. The largest absolute Gasteiger partial charge is 0.481 e. The third-order valence-corrected chi connectivity index (χ3v) is 4.83. The molecule has 1 aliphatic rings. The molecule has 1 fully saturated rings. The molecule has 1 aromatic carbocycles. The summed E-state index contributed by atoms with van der Waals surface area (Å²) in [5, 5.41) is 12.6. The first kappa shape index (κ1) is 16.3. The highest BCUT2D eigenvalue weighted by molar-refractivity contribution is 9.10. The van der Waals surface area contributed by atoms with Crippen LogP contribution in [0.3, 0.4) is 0 Å². The Morgan fingerprint density at radius 2 is 1.95 bits per heavy atom. The molecular formula is C15H17BrClNO3. The zero-order chi connectivity index (χ0) is 15.5. The van der Waals surface area contributed by atoms with Crippen molar-refractivity contribution in [2.24, 2.45) is 5.41 Å². The topological polar surface area (TPSA) is 66.4 Å². The lowest BCUT2D eigenvalue weighted by molar-refractivity contribution is -0.150. The van der Waals surface area contributed by atoms with Gasteiger partial charge in [-0.25, -0.2) is 0 Å². The third-order valence-electron chi connectivity index (χ3n) is 4.03. The maximum atomic E-state index is 12.2. The van der Waals surface area contributed by atoms with Gasteiger partial charge in [-0.3, -0.25) is 9.59 Å². The molecule has 4 nitrogen and oxygen atoms in total. The SMILES string of the molecule is O=C(NCC1(C(=O)O)CCCCC1)c1ccc(Br)cc1Cl. The summed E-state index contributed by atoms with van der Waals surface area (Å²) < 4.78 is 0.790. The van der Waals surface area contributed by atoms with Gasteiger partial charge in [0.15, 0.2) is 0 Å². The van der Waals surface area contributed by atoms with Gasteiger partial charge in [0.25, 0.3) is 5.91 Å². The minimum Gasteiger partial charge on any atom is -0.481 e. The zero-order valence-corrected chi connectivity index (χ0v) is 13.8. The van der Waals surface area contributed by atoms with E-state index in [1.807, 2.05) is 0 Å². The number of amides is 1. The minimum absolute atomic E-state index is 0.146. The molecule has 1 amide bonds. The van der Waals surface area contributed by atoms with Gasteiger partial charge in [-0.15, -0.1) is 0 Å². The molecule has 0 unspecified atom stereocenters. The lowest BCUT2D eigenvalue weighted by Gasteiger charge is -2.33. The monoisotopic (exact) mass is 373 g/mol. The fourth-order valence-corrected chi connectivity index (χ4v) is 3.47. The normalized spacial score (nSPS) is 17.2. The van der Waals surface area contributed by atoms with Gasteiger partial charge in [0.05, 0.1) is 16.0 Å². The van der Waals surface area contributed by atoms with Crippen LogP contribution < -0.4 is 5.32 Å². The first-order valence-electron chi connectivity index (χ1n) is 6.91. The van der Waals surface area contributed by atoms with Crippen LogP contribution in [0.15, 0.2) is 22.7 Å². The smallest absolute Gasteiger partial charge is 0.311 e. The lowest BCUT2D eigenvalue weighted by Crippen LogP contribution is -2.44. The summed E-state index contributed by atoms with van der Waals surface area (Å²) >= 11 is 9.32. The van der Waals surface area contributed by atoms with Crippen LogP contribution in [0, 0.1) is 5.41 Å². The molecule has 6 heteroatoms. The number of aliphatic carboxylic acids is 1. The quantitative estimate of drug-likeness (QED) is 0.841. The van der Waals surface area contributed by atoms with Crippen molar-refractivity contribution < 1.29 is 14.7 Å². The Kier molecular flexibility index (Phi) is 5.27. The van der Waals surface area contributed by atoms with Gasteiger partial charge in [-0.2, -0.15) is 0 Å². The van der Waals surface area contributed by atoms with Crippen molar-refractivity contribution in [2.75, 3.05) is 6.54 Å². The van der Waals surface area contributed by atoms with Crippen molar-refractivity contribution in [1.29, 1.82) is 0 Å². The molecule has 0 bridgehead atoms. The highest BCUT2D eigenvalue weighted by Crippen LogP contribution is 2.36. The summed E-state index contributed by atoms with van der Waals surface area (Å²) in [5.41, 5.74) is -0.480. The first-order valence-corrected chi connectivity index (χ1v) is 8.08. The summed E-state index contributed by atoms with van der Waals surface area (Å²) in [6, 6.07) is 4.99. The fourth-order valence-electron chi connectivity index (χ4n) is 2.71. The number of carbonyl (C=O) groups is 2. The van der Waals surface area contributed by atoms with E-state index in [9.17, 15) is 14.7 Å². The van der Waals surface area contributed by atoms with Crippen molar-refractivity contribution in [3.8, 4) is 0 Å². The van der Waals surface area contributed by atoms with E-state index in [1.54, 1.807) is 18.2 Å². The molecule has 0 aliphatic heterocycles. The van der Waals surface area contributed by atoms with E-state index < -0.39 is 11.4 Å². The third kappa shape index (κ3) is 3.77. The molecule has 2 N–H and O–H groups in total. The molecule has 21 heavy (non-hydrogen) atoms. The van der Waals surface area contributed by atoms with Gasteiger partial charge in [0.2, 0.25) is 0 Å². The van der Waals surface area contributed by atoms with E-state index in [-0.39, 0.29) is 12.5 Å². The fraction of sp³-hybridized carbons (Fsp3) is 0.467. The van der Waals surface area contributed by atoms with Crippen molar-refractivity contribution in [3.05, 3.63) is 33.3 Å². The van der Waals surface area contributed by atoms with Crippen molar-refractivity contribution in [2.45, 2.75) is 32.1 Å². The summed E-state index contributed by atoms with van der Waals surface area (Å²) in [7, 11) is 0. The Bertz CT molecular complexity index is 556. The van der Waals surface area contributed by atoms with Crippen LogP contribution >= 0.6 is 27.5 Å². The molecule has 1 aliphatic carbocycles. The van der Waals surface area contributed by atoms with E-state index in [2.05, 4.69) is 21.2 Å². The second-order valence-electron chi connectivity index (χ2n) is 5.45. The first-order chi connectivity index (χ1) is 9.94. The number of nitrogens with one attached hydrogen (secondary N) is 1. The van der Waals surface area contributed by atoms with Gasteiger partial charge in [0, 0.05) is 11.0 Å². The second kappa shape index (κ2) is 6.79. The number of benzene rings is 1. The molecule has 2 rings (SSSR count).